The second-order valence-electron chi connectivity index (χ2n) is 8.32. The summed E-state index contributed by atoms with van der Waals surface area (Å²) < 4.78 is 0. The fourth-order valence-corrected chi connectivity index (χ4v) is 4.62. The van der Waals surface area contributed by atoms with Gasteiger partial charge in [0.1, 0.15) is 0 Å². The maximum atomic E-state index is 13.3. The molecule has 0 radical (unpaired) electrons. The fourth-order valence-electron chi connectivity index (χ4n) is 4.50. The lowest BCUT2D eigenvalue weighted by molar-refractivity contribution is -0.124. The van der Waals surface area contributed by atoms with E-state index in [0.717, 1.165) is 68.8 Å². The standard InChI is InChI=1S/C24H30ClN3O/c1-3-27-13-15-28(16-14-27)21-9-10-22(18(2)17-21)26-23(29)24(11-4-12-24)19-5-7-20(25)8-6-19/h5-10,17H,3-4,11-16H2,1-2H3,(H,26,29). The Labute approximate surface area is 178 Å². The number of amides is 1. The molecule has 1 aliphatic heterocycles. The number of nitrogens with one attached hydrogen (secondary N) is 1. The third-order valence-electron chi connectivity index (χ3n) is 6.68. The molecule has 4 nitrogen and oxygen atoms in total. The molecule has 1 N–H and O–H groups in total. The largest absolute Gasteiger partial charge is 0.369 e. The number of anilines is 2. The van der Waals surface area contributed by atoms with E-state index in [1.807, 2.05) is 24.3 Å². The topological polar surface area (TPSA) is 35.6 Å². The van der Waals surface area contributed by atoms with E-state index in [2.05, 4.69) is 47.2 Å². The van der Waals surface area contributed by atoms with Crippen molar-refractivity contribution in [1.29, 1.82) is 0 Å². The van der Waals surface area contributed by atoms with Crippen LogP contribution in [0, 0.1) is 6.92 Å². The number of halogens is 1. The minimum atomic E-state index is -0.424. The maximum absolute atomic E-state index is 13.3. The van der Waals surface area contributed by atoms with Crippen LogP contribution in [0.25, 0.3) is 0 Å². The smallest absolute Gasteiger partial charge is 0.235 e. The molecular weight excluding hydrogens is 382 g/mol. The van der Waals surface area contributed by atoms with E-state index in [0.29, 0.717) is 5.02 Å². The number of piperazine rings is 1. The van der Waals surface area contributed by atoms with Crippen molar-refractivity contribution >= 4 is 28.9 Å². The molecule has 1 amide bonds. The van der Waals surface area contributed by atoms with Crippen LogP contribution in [-0.4, -0.2) is 43.5 Å². The number of rotatable bonds is 5. The van der Waals surface area contributed by atoms with E-state index in [1.54, 1.807) is 0 Å². The van der Waals surface area contributed by atoms with Gasteiger partial charge in [0.2, 0.25) is 5.91 Å². The Morgan fingerprint density at radius 3 is 2.31 bits per heavy atom. The zero-order valence-electron chi connectivity index (χ0n) is 17.4. The monoisotopic (exact) mass is 411 g/mol. The minimum Gasteiger partial charge on any atom is -0.369 e. The molecule has 2 aliphatic rings. The van der Waals surface area contributed by atoms with Crippen LogP contribution < -0.4 is 10.2 Å². The van der Waals surface area contributed by atoms with Gasteiger partial charge in [-0.1, -0.05) is 37.1 Å². The van der Waals surface area contributed by atoms with Crippen LogP contribution in [0.2, 0.25) is 5.02 Å². The first-order valence-electron chi connectivity index (χ1n) is 10.7. The Bertz CT molecular complexity index is 868. The Kier molecular flexibility index (Phi) is 5.84. The van der Waals surface area contributed by atoms with Gasteiger partial charge in [0.15, 0.2) is 0 Å². The summed E-state index contributed by atoms with van der Waals surface area (Å²) in [7, 11) is 0. The van der Waals surface area contributed by atoms with Gasteiger partial charge in [-0.15, -0.1) is 0 Å². The maximum Gasteiger partial charge on any atom is 0.235 e. The summed E-state index contributed by atoms with van der Waals surface area (Å²) in [5, 5.41) is 3.92. The molecule has 1 heterocycles. The Balaban J connectivity index is 1.48. The van der Waals surface area contributed by atoms with E-state index in [-0.39, 0.29) is 5.91 Å². The molecule has 1 saturated carbocycles. The molecule has 0 aromatic heterocycles. The van der Waals surface area contributed by atoms with E-state index < -0.39 is 5.41 Å². The van der Waals surface area contributed by atoms with E-state index >= 15 is 0 Å². The number of likely N-dealkylation sites (N-methyl/N-ethyl adjacent to an activating group) is 1. The highest BCUT2D eigenvalue weighted by molar-refractivity contribution is 6.30. The highest BCUT2D eigenvalue weighted by Gasteiger charge is 2.45. The number of hydrogen-bond donors (Lipinski definition) is 1. The van der Waals surface area contributed by atoms with Gasteiger partial charge in [-0.05, 0) is 67.8 Å². The zero-order chi connectivity index (χ0) is 20.4. The molecule has 1 aliphatic carbocycles. The van der Waals surface area contributed by atoms with Crippen LogP contribution >= 0.6 is 11.6 Å². The second kappa shape index (κ2) is 8.37. The number of hydrogen-bond acceptors (Lipinski definition) is 3. The molecule has 1 saturated heterocycles. The van der Waals surface area contributed by atoms with E-state index in [1.165, 1.54) is 5.69 Å². The van der Waals surface area contributed by atoms with Gasteiger partial charge in [-0.2, -0.15) is 0 Å². The first-order chi connectivity index (χ1) is 14.0. The normalized spacial score (nSPS) is 18.9. The minimum absolute atomic E-state index is 0.0958. The van der Waals surface area contributed by atoms with Crippen molar-refractivity contribution in [2.75, 3.05) is 42.9 Å². The van der Waals surface area contributed by atoms with Crippen LogP contribution in [0.3, 0.4) is 0 Å². The molecule has 4 rings (SSSR count). The first-order valence-corrected chi connectivity index (χ1v) is 11.0. The number of aryl methyl sites for hydroxylation is 1. The summed E-state index contributed by atoms with van der Waals surface area (Å²) in [5.41, 5.74) is 3.90. The van der Waals surface area contributed by atoms with Gasteiger partial charge in [-0.3, -0.25) is 4.79 Å². The highest BCUT2D eigenvalue weighted by Crippen LogP contribution is 2.45. The number of benzene rings is 2. The third-order valence-corrected chi connectivity index (χ3v) is 6.93. The summed E-state index contributed by atoms with van der Waals surface area (Å²) in [6.07, 6.45) is 2.86. The first kappa shape index (κ1) is 20.2. The lowest BCUT2D eigenvalue weighted by atomic mass is 9.64. The van der Waals surface area contributed by atoms with Crippen molar-refractivity contribution in [2.45, 2.75) is 38.5 Å². The van der Waals surface area contributed by atoms with Crippen LogP contribution in [-0.2, 0) is 10.2 Å². The molecule has 29 heavy (non-hydrogen) atoms. The molecule has 5 heteroatoms. The number of carbonyl (C=O) groups is 1. The average Bonchev–Trinajstić information content (AvgIpc) is 2.70. The lowest BCUT2D eigenvalue weighted by Crippen LogP contribution is -2.46. The van der Waals surface area contributed by atoms with Crippen molar-refractivity contribution in [3.05, 3.63) is 58.6 Å². The molecule has 0 spiro atoms. The van der Waals surface area contributed by atoms with Crippen molar-refractivity contribution < 1.29 is 4.79 Å². The Morgan fingerprint density at radius 1 is 1.07 bits per heavy atom. The van der Waals surface area contributed by atoms with Gasteiger partial charge in [-0.25, -0.2) is 0 Å². The molecule has 2 fully saturated rings. The van der Waals surface area contributed by atoms with E-state index in [4.69, 9.17) is 11.6 Å². The Morgan fingerprint density at radius 2 is 1.76 bits per heavy atom. The van der Waals surface area contributed by atoms with Crippen molar-refractivity contribution in [3.8, 4) is 0 Å². The predicted octanol–water partition coefficient (Wildman–Crippen LogP) is 4.85. The van der Waals surface area contributed by atoms with Crippen LogP contribution in [0.15, 0.2) is 42.5 Å². The van der Waals surface area contributed by atoms with Crippen molar-refractivity contribution in [1.82, 2.24) is 4.90 Å². The summed E-state index contributed by atoms with van der Waals surface area (Å²) >= 11 is 6.04. The summed E-state index contributed by atoms with van der Waals surface area (Å²) in [4.78, 5) is 18.2. The van der Waals surface area contributed by atoms with Crippen LogP contribution in [0.5, 0.6) is 0 Å². The van der Waals surface area contributed by atoms with Gasteiger partial charge in [0, 0.05) is 42.6 Å². The third kappa shape index (κ3) is 4.01. The number of nitrogens with zero attached hydrogens (tertiary/aromatic N) is 2. The molecule has 2 aromatic carbocycles. The Hall–Kier alpha value is -2.04. The summed E-state index contributed by atoms with van der Waals surface area (Å²) in [5.74, 6) is 0.0958. The zero-order valence-corrected chi connectivity index (χ0v) is 18.1. The van der Waals surface area contributed by atoms with Gasteiger partial charge in [0.05, 0.1) is 5.41 Å². The number of carbonyl (C=O) groups excluding carboxylic acids is 1. The predicted molar refractivity (Wildman–Crippen MR) is 121 cm³/mol. The molecular formula is C24H30ClN3O. The SMILES string of the molecule is CCN1CCN(c2ccc(NC(=O)C3(c4ccc(Cl)cc4)CCC3)c(C)c2)CC1. The quantitative estimate of drug-likeness (QED) is 0.763. The van der Waals surface area contributed by atoms with Crippen LogP contribution in [0.1, 0.15) is 37.3 Å². The lowest BCUT2D eigenvalue weighted by Gasteiger charge is -2.41. The van der Waals surface area contributed by atoms with Crippen molar-refractivity contribution in [2.24, 2.45) is 0 Å². The summed E-state index contributed by atoms with van der Waals surface area (Å²) in [6, 6.07) is 14.1. The van der Waals surface area contributed by atoms with Gasteiger partial charge >= 0.3 is 0 Å². The van der Waals surface area contributed by atoms with Gasteiger partial charge < -0.3 is 15.1 Å². The summed E-state index contributed by atoms with van der Waals surface area (Å²) in [6.45, 7) is 9.74. The molecule has 0 bridgehead atoms. The van der Waals surface area contributed by atoms with E-state index in [9.17, 15) is 4.79 Å². The van der Waals surface area contributed by atoms with Crippen LogP contribution in [0.4, 0.5) is 11.4 Å². The molecule has 2 aromatic rings. The highest BCUT2D eigenvalue weighted by atomic mass is 35.5. The second-order valence-corrected chi connectivity index (χ2v) is 8.75. The molecule has 0 atom stereocenters. The molecule has 154 valence electrons. The average molecular weight is 412 g/mol. The van der Waals surface area contributed by atoms with Gasteiger partial charge in [0.25, 0.3) is 0 Å². The fraction of sp³-hybridized carbons (Fsp3) is 0.458. The van der Waals surface area contributed by atoms with Crippen molar-refractivity contribution in [3.63, 3.8) is 0 Å². The molecule has 0 unspecified atom stereocenters.